The Morgan fingerprint density at radius 2 is 1.76 bits per heavy atom. The molecule has 0 radical (unpaired) electrons. The molecule has 1 aromatic carbocycles. The number of hydrogen-bond acceptors (Lipinski definition) is 8. The highest BCUT2D eigenvalue weighted by atomic mass is 32.3. The highest BCUT2D eigenvalue weighted by Crippen LogP contribution is 2.55. The van der Waals surface area contributed by atoms with E-state index in [9.17, 15) is 13.9 Å². The Balaban J connectivity index is 1.14. The number of carbonyl (C=O) groups excluding carboxylic acids is 1. The Kier molecular flexibility index (Phi) is 4.41. The fourth-order valence-electron chi connectivity index (χ4n) is 3.63. The Labute approximate surface area is 167 Å². The van der Waals surface area contributed by atoms with Gasteiger partial charge in [-0.25, -0.2) is 0 Å². The lowest BCUT2D eigenvalue weighted by molar-refractivity contribution is 0.0894. The van der Waals surface area contributed by atoms with E-state index >= 15 is 0 Å². The molecule has 3 aromatic rings. The maximum Gasteiger partial charge on any atom is 0.273 e. The van der Waals surface area contributed by atoms with Gasteiger partial charge in [0.2, 0.25) is 11.8 Å². The molecule has 9 nitrogen and oxygen atoms in total. The first-order valence-corrected chi connectivity index (χ1v) is 11.3. The summed E-state index contributed by atoms with van der Waals surface area (Å²) in [5, 5.41) is 14.9. The van der Waals surface area contributed by atoms with E-state index in [1.807, 2.05) is 30.3 Å². The van der Waals surface area contributed by atoms with Crippen molar-refractivity contribution in [3.8, 4) is 11.3 Å². The van der Waals surface area contributed by atoms with Crippen LogP contribution in [-0.2, 0) is 0 Å². The lowest BCUT2D eigenvalue weighted by Crippen LogP contribution is -2.43. The second-order valence-corrected chi connectivity index (χ2v) is 9.86. The van der Waals surface area contributed by atoms with Gasteiger partial charge in [0.1, 0.15) is 0 Å². The summed E-state index contributed by atoms with van der Waals surface area (Å²) in [6, 6.07) is 11.1. The third kappa shape index (κ3) is 3.66. The second-order valence-electron chi connectivity index (χ2n) is 7.59. The quantitative estimate of drug-likeness (QED) is 0.577. The molecule has 0 bridgehead atoms. The van der Waals surface area contributed by atoms with Gasteiger partial charge >= 0.3 is 0 Å². The van der Waals surface area contributed by atoms with Crippen LogP contribution in [0.15, 0.2) is 45.3 Å². The Morgan fingerprint density at radius 1 is 1.07 bits per heavy atom. The van der Waals surface area contributed by atoms with E-state index in [0.717, 1.165) is 5.56 Å². The van der Waals surface area contributed by atoms with Gasteiger partial charge in [-0.3, -0.25) is 13.9 Å². The number of rotatable bonds is 5. The molecule has 1 aliphatic heterocycles. The van der Waals surface area contributed by atoms with Crippen LogP contribution in [0.3, 0.4) is 0 Å². The molecule has 152 valence electrons. The number of amides is 1. The first-order valence-electron chi connectivity index (χ1n) is 9.37. The molecule has 3 heterocycles. The molecular weight excluding hydrogens is 396 g/mol. The van der Waals surface area contributed by atoms with Crippen molar-refractivity contribution in [3.05, 3.63) is 53.9 Å². The molecule has 2 aliphatic rings. The van der Waals surface area contributed by atoms with Gasteiger partial charge in [-0.1, -0.05) is 35.5 Å². The summed E-state index contributed by atoms with van der Waals surface area (Å²) in [5.41, 5.74) is 1.11. The molecule has 5 rings (SSSR count). The van der Waals surface area contributed by atoms with Crippen LogP contribution < -0.4 is 5.32 Å². The van der Waals surface area contributed by atoms with E-state index in [0.29, 0.717) is 41.9 Å². The van der Waals surface area contributed by atoms with E-state index in [1.54, 1.807) is 6.07 Å². The highest BCUT2D eigenvalue weighted by Gasteiger charge is 2.40. The fraction of sp³-hybridized carbons (Fsp3) is 0.368. The van der Waals surface area contributed by atoms with Crippen LogP contribution in [0.5, 0.6) is 0 Å². The summed E-state index contributed by atoms with van der Waals surface area (Å²) in [4.78, 5) is 12.4. The van der Waals surface area contributed by atoms with Crippen molar-refractivity contribution >= 4 is 16.5 Å². The molecule has 3 N–H and O–H groups in total. The minimum Gasteiger partial charge on any atom is -0.425 e. The van der Waals surface area contributed by atoms with Crippen molar-refractivity contribution in [1.82, 2.24) is 20.7 Å². The molecule has 1 saturated carbocycles. The number of carbonyl (C=O) groups is 1. The molecule has 0 atom stereocenters. The summed E-state index contributed by atoms with van der Waals surface area (Å²) in [6.07, 6.45) is 1.41. The van der Waals surface area contributed by atoms with Crippen molar-refractivity contribution in [3.63, 3.8) is 0 Å². The molecule has 2 fully saturated rings. The van der Waals surface area contributed by atoms with Crippen molar-refractivity contribution in [2.45, 2.75) is 30.7 Å². The minimum atomic E-state index is -2.43. The first kappa shape index (κ1) is 18.3. The van der Waals surface area contributed by atoms with Crippen molar-refractivity contribution < 1.29 is 22.8 Å². The highest BCUT2D eigenvalue weighted by molar-refractivity contribution is 8.25. The first-order chi connectivity index (χ1) is 14.0. The van der Waals surface area contributed by atoms with Gasteiger partial charge in [-0.15, -0.1) is 10.2 Å². The summed E-state index contributed by atoms with van der Waals surface area (Å²) in [7, 11) is -2.43. The van der Waals surface area contributed by atoms with E-state index in [4.69, 9.17) is 8.94 Å². The zero-order valence-electron chi connectivity index (χ0n) is 15.4. The van der Waals surface area contributed by atoms with Crippen LogP contribution in [-0.4, -0.2) is 47.9 Å². The summed E-state index contributed by atoms with van der Waals surface area (Å²) in [5.74, 6) is 1.90. The van der Waals surface area contributed by atoms with Crippen LogP contribution in [0.1, 0.15) is 46.9 Å². The molecule has 29 heavy (non-hydrogen) atoms. The van der Waals surface area contributed by atoms with E-state index in [1.165, 1.54) is 0 Å². The van der Waals surface area contributed by atoms with Gasteiger partial charge in [0.25, 0.3) is 5.91 Å². The summed E-state index contributed by atoms with van der Waals surface area (Å²) < 4.78 is 30.0. The third-order valence-corrected chi connectivity index (χ3v) is 7.24. The van der Waals surface area contributed by atoms with E-state index in [-0.39, 0.29) is 29.5 Å². The number of nitrogens with one attached hydrogen (secondary N) is 1. The fourth-order valence-corrected chi connectivity index (χ4v) is 5.11. The standard InChI is InChI=1S/C19H20N4O5S/c24-17(15-8-16(28-23-15)11-4-2-1-3-5-11)20-14-6-12(7-14)18-21-22-19(27-18)13-9-29(25,26)10-13/h1-5,8,12-14,25-26H,6-7,9-10H2,(H,20,24). The van der Waals surface area contributed by atoms with Crippen LogP contribution in [0.2, 0.25) is 0 Å². The van der Waals surface area contributed by atoms with Gasteiger partial charge in [0, 0.05) is 23.6 Å². The molecule has 1 amide bonds. The second kappa shape index (κ2) is 6.97. The lowest BCUT2D eigenvalue weighted by Gasteiger charge is -2.45. The normalized spacial score (nSPS) is 24.3. The van der Waals surface area contributed by atoms with Gasteiger partial charge < -0.3 is 14.3 Å². The number of aromatic nitrogens is 3. The zero-order valence-corrected chi connectivity index (χ0v) is 16.2. The SMILES string of the molecule is O=C(NC1CC(c2nnc(C3CS(O)(O)C3)o2)C1)c1cc(-c2ccccc2)on1. The Hall–Kier alpha value is -2.69. The molecule has 0 unspecified atom stereocenters. The van der Waals surface area contributed by atoms with E-state index in [2.05, 4.69) is 20.7 Å². The lowest BCUT2D eigenvalue weighted by atomic mass is 9.80. The molecule has 2 aromatic heterocycles. The van der Waals surface area contributed by atoms with E-state index < -0.39 is 10.6 Å². The van der Waals surface area contributed by atoms with Crippen LogP contribution in [0, 0.1) is 0 Å². The number of hydrogen-bond donors (Lipinski definition) is 3. The monoisotopic (exact) mass is 416 g/mol. The summed E-state index contributed by atoms with van der Waals surface area (Å²) in [6.45, 7) is 0. The average molecular weight is 416 g/mol. The van der Waals surface area contributed by atoms with Crippen molar-refractivity contribution in [2.75, 3.05) is 11.5 Å². The topological polar surface area (TPSA) is 135 Å². The molecule has 10 heteroatoms. The average Bonchev–Trinajstić information content (AvgIpc) is 3.32. The smallest absolute Gasteiger partial charge is 0.273 e. The van der Waals surface area contributed by atoms with Gasteiger partial charge in [-0.2, -0.15) is 10.6 Å². The third-order valence-electron chi connectivity index (χ3n) is 5.37. The van der Waals surface area contributed by atoms with Gasteiger partial charge in [-0.05, 0) is 12.8 Å². The minimum absolute atomic E-state index is 0.00964. The Morgan fingerprint density at radius 3 is 2.45 bits per heavy atom. The Bertz CT molecular complexity index is 1020. The van der Waals surface area contributed by atoms with Crippen molar-refractivity contribution in [2.24, 2.45) is 0 Å². The summed E-state index contributed by atoms with van der Waals surface area (Å²) >= 11 is 0. The van der Waals surface area contributed by atoms with Crippen LogP contribution in [0.25, 0.3) is 11.3 Å². The van der Waals surface area contributed by atoms with Crippen LogP contribution in [0.4, 0.5) is 0 Å². The number of nitrogens with zero attached hydrogens (tertiary/aromatic N) is 3. The molecule has 0 spiro atoms. The predicted molar refractivity (Wildman–Crippen MR) is 105 cm³/mol. The predicted octanol–water partition coefficient (Wildman–Crippen LogP) is 3.25. The number of benzene rings is 1. The van der Waals surface area contributed by atoms with Crippen molar-refractivity contribution in [1.29, 1.82) is 0 Å². The van der Waals surface area contributed by atoms with Crippen LogP contribution >= 0.6 is 10.6 Å². The molecular formula is C19H20N4O5S. The molecule has 1 aliphatic carbocycles. The molecule has 1 saturated heterocycles. The van der Waals surface area contributed by atoms with Gasteiger partial charge in [0.15, 0.2) is 11.5 Å². The zero-order chi connectivity index (χ0) is 20.0. The maximum atomic E-state index is 12.4. The van der Waals surface area contributed by atoms with Gasteiger partial charge in [0.05, 0.1) is 17.4 Å². The maximum absolute atomic E-state index is 12.4. The largest absolute Gasteiger partial charge is 0.425 e.